The van der Waals surface area contributed by atoms with E-state index in [9.17, 15) is 20.0 Å². The highest BCUT2D eigenvalue weighted by molar-refractivity contribution is 9.09. The Hall–Kier alpha value is -1.75. The van der Waals surface area contributed by atoms with E-state index in [4.69, 9.17) is 14.2 Å². The van der Waals surface area contributed by atoms with Crippen LogP contribution in [0.25, 0.3) is 0 Å². The van der Waals surface area contributed by atoms with E-state index < -0.39 is 39.3 Å². The fraction of sp³-hybridized carbons (Fsp3) is 0.562. The van der Waals surface area contributed by atoms with Gasteiger partial charge in [-0.05, 0) is 38.1 Å². The van der Waals surface area contributed by atoms with E-state index in [0.717, 1.165) is 0 Å². The van der Waals surface area contributed by atoms with Gasteiger partial charge in [0.1, 0.15) is 17.9 Å². The molecular formula is C16H19BrN2O7. The highest BCUT2D eigenvalue weighted by atomic mass is 79.9. The van der Waals surface area contributed by atoms with Crippen LogP contribution in [0.3, 0.4) is 0 Å². The van der Waals surface area contributed by atoms with E-state index >= 15 is 0 Å². The van der Waals surface area contributed by atoms with E-state index in [1.165, 1.54) is 12.0 Å². The number of aliphatic hydroxyl groups is 1. The van der Waals surface area contributed by atoms with Crippen LogP contribution in [0.2, 0.25) is 0 Å². The molecule has 1 aromatic rings. The minimum Gasteiger partial charge on any atom is -0.497 e. The molecule has 0 bridgehead atoms. The number of alkyl halides is 1. The van der Waals surface area contributed by atoms with Crippen molar-refractivity contribution in [1.29, 1.82) is 0 Å². The van der Waals surface area contributed by atoms with E-state index in [-0.39, 0.29) is 6.61 Å². The molecule has 0 aliphatic carbocycles. The molecule has 1 N–H and O–H groups in total. The number of nitro groups is 1. The zero-order chi connectivity index (χ0) is 19.3. The normalized spacial score (nSPS) is 31.4. The van der Waals surface area contributed by atoms with Gasteiger partial charge >= 0.3 is 4.95 Å². The summed E-state index contributed by atoms with van der Waals surface area (Å²) in [7, 11) is 1.52. The van der Waals surface area contributed by atoms with Crippen LogP contribution in [0.1, 0.15) is 13.8 Å². The summed E-state index contributed by atoms with van der Waals surface area (Å²) in [5.41, 5.74) is -1.78. The SMILES string of the molecule is COc1ccc(N2C(=O)[C@@](O)([C@@H](Br)[N+](=O)[O-])[C@@H]2[C@H]2COC(C)(C)O2)cc1. The Balaban J connectivity index is 1.98. The number of hydrogen-bond donors (Lipinski definition) is 1. The monoisotopic (exact) mass is 430 g/mol. The predicted octanol–water partition coefficient (Wildman–Crippen LogP) is 1.29. The molecule has 2 aliphatic heterocycles. The van der Waals surface area contributed by atoms with Gasteiger partial charge in [0.2, 0.25) is 5.60 Å². The van der Waals surface area contributed by atoms with Gasteiger partial charge in [-0.2, -0.15) is 0 Å². The Bertz CT molecular complexity index is 726. The maximum atomic E-state index is 12.7. The van der Waals surface area contributed by atoms with Gasteiger partial charge in [-0.3, -0.25) is 19.8 Å². The Kier molecular flexibility index (Phi) is 4.72. The molecule has 2 saturated heterocycles. The maximum absolute atomic E-state index is 12.7. The number of rotatable bonds is 5. The summed E-state index contributed by atoms with van der Waals surface area (Å²) in [5.74, 6) is -1.09. The van der Waals surface area contributed by atoms with Crippen molar-refractivity contribution < 1.29 is 29.0 Å². The third kappa shape index (κ3) is 2.86. The lowest BCUT2D eigenvalue weighted by Gasteiger charge is -2.53. The summed E-state index contributed by atoms with van der Waals surface area (Å²) in [6.45, 7) is 3.49. The van der Waals surface area contributed by atoms with E-state index in [2.05, 4.69) is 15.9 Å². The van der Waals surface area contributed by atoms with Crippen molar-refractivity contribution in [3.05, 3.63) is 34.4 Å². The van der Waals surface area contributed by atoms with Crippen LogP contribution in [-0.4, -0.2) is 58.1 Å². The predicted molar refractivity (Wildman–Crippen MR) is 93.8 cm³/mol. The van der Waals surface area contributed by atoms with Gasteiger partial charge < -0.3 is 19.3 Å². The molecule has 142 valence electrons. The van der Waals surface area contributed by atoms with Crippen LogP contribution in [0.5, 0.6) is 5.75 Å². The van der Waals surface area contributed by atoms with Crippen LogP contribution in [0.4, 0.5) is 5.69 Å². The molecule has 26 heavy (non-hydrogen) atoms. The first-order valence-corrected chi connectivity index (χ1v) is 8.83. The average molecular weight is 431 g/mol. The van der Waals surface area contributed by atoms with Crippen LogP contribution in [-0.2, 0) is 14.3 Å². The molecule has 2 fully saturated rings. The molecule has 9 nitrogen and oxygen atoms in total. The van der Waals surface area contributed by atoms with Crippen molar-refractivity contribution in [1.82, 2.24) is 0 Å². The van der Waals surface area contributed by atoms with Crippen LogP contribution >= 0.6 is 15.9 Å². The van der Waals surface area contributed by atoms with Crippen molar-refractivity contribution in [2.75, 3.05) is 18.6 Å². The lowest BCUT2D eigenvalue weighted by atomic mass is 9.78. The third-order valence-electron chi connectivity index (χ3n) is 4.57. The molecule has 0 unspecified atom stereocenters. The maximum Gasteiger partial charge on any atom is 0.305 e. The van der Waals surface area contributed by atoms with E-state index in [0.29, 0.717) is 11.4 Å². The highest BCUT2D eigenvalue weighted by Gasteiger charge is 2.72. The number of anilines is 1. The minimum absolute atomic E-state index is 0.0946. The summed E-state index contributed by atoms with van der Waals surface area (Å²) < 4.78 is 16.4. The lowest BCUT2D eigenvalue weighted by molar-refractivity contribution is -0.513. The van der Waals surface area contributed by atoms with Gasteiger partial charge in [0.25, 0.3) is 5.91 Å². The molecule has 0 radical (unpaired) electrons. The number of carbonyl (C=O) groups excluding carboxylic acids is 1. The fourth-order valence-electron chi connectivity index (χ4n) is 3.32. The molecule has 10 heteroatoms. The van der Waals surface area contributed by atoms with Gasteiger partial charge in [-0.1, -0.05) is 0 Å². The molecule has 2 aliphatic rings. The average Bonchev–Trinajstić information content (AvgIpc) is 2.96. The van der Waals surface area contributed by atoms with Crippen molar-refractivity contribution in [3.8, 4) is 5.75 Å². The lowest BCUT2D eigenvalue weighted by Crippen LogP contribution is -2.82. The quantitative estimate of drug-likeness (QED) is 0.246. The van der Waals surface area contributed by atoms with Gasteiger partial charge in [-0.15, -0.1) is 0 Å². The summed E-state index contributed by atoms with van der Waals surface area (Å²) in [6.07, 6.45) is -0.727. The van der Waals surface area contributed by atoms with Crippen molar-refractivity contribution in [2.45, 2.75) is 42.3 Å². The molecule has 1 aromatic carbocycles. The Morgan fingerprint density at radius 2 is 2.04 bits per heavy atom. The molecule has 0 spiro atoms. The summed E-state index contributed by atoms with van der Waals surface area (Å²) in [5, 5.41) is 22.1. The number of β-lactam (4-membered cyclic amide) rings is 1. The Morgan fingerprint density at radius 1 is 1.42 bits per heavy atom. The van der Waals surface area contributed by atoms with Crippen LogP contribution in [0, 0.1) is 10.1 Å². The first-order valence-electron chi connectivity index (χ1n) is 7.91. The highest BCUT2D eigenvalue weighted by Crippen LogP contribution is 2.45. The molecule has 3 rings (SSSR count). The summed E-state index contributed by atoms with van der Waals surface area (Å²) >= 11 is 2.84. The van der Waals surface area contributed by atoms with Crippen LogP contribution in [0.15, 0.2) is 24.3 Å². The number of hydrogen-bond acceptors (Lipinski definition) is 7. The Morgan fingerprint density at radius 3 is 2.50 bits per heavy atom. The Labute approximate surface area is 158 Å². The second-order valence-electron chi connectivity index (χ2n) is 6.63. The zero-order valence-corrected chi connectivity index (χ0v) is 16.0. The largest absolute Gasteiger partial charge is 0.497 e. The number of nitrogens with zero attached hydrogens (tertiary/aromatic N) is 2. The van der Waals surface area contributed by atoms with E-state index in [1.54, 1.807) is 38.1 Å². The smallest absolute Gasteiger partial charge is 0.305 e. The molecular weight excluding hydrogens is 412 g/mol. The molecule has 2 heterocycles. The van der Waals surface area contributed by atoms with Crippen molar-refractivity contribution >= 4 is 27.5 Å². The van der Waals surface area contributed by atoms with Gasteiger partial charge in [0, 0.05) is 26.5 Å². The number of carbonyl (C=O) groups is 1. The summed E-state index contributed by atoms with van der Waals surface area (Å²) in [6, 6.07) is 5.61. The topological polar surface area (TPSA) is 111 Å². The van der Waals surface area contributed by atoms with Gasteiger partial charge in [0.15, 0.2) is 5.79 Å². The number of methoxy groups -OCH3 is 1. The molecule has 0 aromatic heterocycles. The fourth-order valence-corrected chi connectivity index (χ4v) is 3.79. The van der Waals surface area contributed by atoms with Crippen LogP contribution < -0.4 is 9.64 Å². The van der Waals surface area contributed by atoms with Gasteiger partial charge in [-0.25, -0.2) is 0 Å². The second-order valence-corrected chi connectivity index (χ2v) is 7.50. The van der Waals surface area contributed by atoms with Crippen molar-refractivity contribution in [2.24, 2.45) is 0 Å². The van der Waals surface area contributed by atoms with E-state index in [1.807, 2.05) is 0 Å². The number of halogens is 1. The van der Waals surface area contributed by atoms with Gasteiger partial charge in [0.05, 0.1) is 13.7 Å². The third-order valence-corrected chi connectivity index (χ3v) is 5.60. The number of benzene rings is 1. The number of amides is 1. The molecule has 4 atom stereocenters. The summed E-state index contributed by atoms with van der Waals surface area (Å²) in [4.78, 5) is 22.9. The first kappa shape index (κ1) is 19.0. The minimum atomic E-state index is -2.25. The standard InChI is InChI=1S/C16H19BrN2O7/c1-15(2)25-8-11(26-15)12-16(21,13(17)19(22)23)14(20)18(12)9-4-6-10(24-3)7-5-9/h4-7,11-13,21H,8H2,1-3H3/t11-,12+,13+,16+/m1/s1. The molecule has 1 amide bonds. The molecule has 0 saturated carbocycles. The number of ether oxygens (including phenoxy) is 3. The first-order chi connectivity index (χ1) is 12.1. The zero-order valence-electron chi connectivity index (χ0n) is 14.4. The second kappa shape index (κ2) is 6.45. The van der Waals surface area contributed by atoms with Crippen molar-refractivity contribution in [3.63, 3.8) is 0 Å².